The number of hydroxylamine groups is 2. The number of rotatable bonds is 2. The summed E-state index contributed by atoms with van der Waals surface area (Å²) in [7, 11) is 0. The molecule has 7 nitrogen and oxygen atoms in total. The molecule has 1 fully saturated rings. The Kier molecular flexibility index (Phi) is 7.40. The molecule has 4 rings (SSSR count). The Balaban J connectivity index is 0.000000247. The first-order valence-corrected chi connectivity index (χ1v) is 7.99. The fourth-order valence-electron chi connectivity index (χ4n) is 2.41. The van der Waals surface area contributed by atoms with Gasteiger partial charge in [-0.3, -0.25) is 29.7 Å². The second-order valence-corrected chi connectivity index (χ2v) is 5.43. The zero-order valence-corrected chi connectivity index (χ0v) is 15.9. The van der Waals surface area contributed by atoms with Gasteiger partial charge in [0.15, 0.2) is 0 Å². The first-order valence-electron chi connectivity index (χ1n) is 7.99. The summed E-state index contributed by atoms with van der Waals surface area (Å²) >= 11 is 0. The van der Waals surface area contributed by atoms with Crippen molar-refractivity contribution in [3.05, 3.63) is 67.1 Å². The number of hydrogen-bond acceptors (Lipinski definition) is 6. The van der Waals surface area contributed by atoms with Gasteiger partial charge in [0.05, 0.1) is 17.1 Å². The Bertz CT molecular complexity index is 833. The van der Waals surface area contributed by atoms with Crippen LogP contribution in [0.4, 0.5) is 0 Å². The van der Waals surface area contributed by atoms with Crippen molar-refractivity contribution in [1.82, 2.24) is 20.0 Å². The maximum absolute atomic E-state index is 10.2. The van der Waals surface area contributed by atoms with E-state index in [-0.39, 0.29) is 37.4 Å². The van der Waals surface area contributed by atoms with Crippen molar-refractivity contribution in [1.29, 1.82) is 0 Å². The fourth-order valence-corrected chi connectivity index (χ4v) is 2.41. The van der Waals surface area contributed by atoms with E-state index >= 15 is 0 Å². The third-order valence-corrected chi connectivity index (χ3v) is 3.68. The number of pyridine rings is 3. The Morgan fingerprint density at radius 1 is 0.741 bits per heavy atom. The number of aromatic nitrogens is 3. The molecule has 1 aliphatic rings. The average Bonchev–Trinajstić information content (AvgIpc) is 3.01. The van der Waals surface area contributed by atoms with Crippen LogP contribution in [0, 0.1) is 0 Å². The summed E-state index contributed by atoms with van der Waals surface area (Å²) < 4.78 is 0. The minimum atomic E-state index is -0.505. The van der Waals surface area contributed by atoms with Crippen LogP contribution in [0.1, 0.15) is 12.8 Å². The van der Waals surface area contributed by atoms with Crippen molar-refractivity contribution in [2.45, 2.75) is 12.8 Å². The molecule has 0 aromatic carbocycles. The molecular formula is C19H16N4O3Ru. The first kappa shape index (κ1) is 20.5. The van der Waals surface area contributed by atoms with Gasteiger partial charge < -0.3 is 0 Å². The summed E-state index contributed by atoms with van der Waals surface area (Å²) in [5, 5.41) is 8.57. The molecular weight excluding hydrogens is 433 g/mol. The largest absolute Gasteiger partial charge is 0.279 e. The normalized spacial score (nSPS) is 12.9. The zero-order chi connectivity index (χ0) is 18.4. The maximum atomic E-state index is 10.2. The second kappa shape index (κ2) is 9.76. The monoisotopic (exact) mass is 450 g/mol. The van der Waals surface area contributed by atoms with Gasteiger partial charge in [0.1, 0.15) is 0 Å². The van der Waals surface area contributed by atoms with Gasteiger partial charge in [-0.15, -0.1) is 0 Å². The molecule has 0 radical (unpaired) electrons. The Labute approximate surface area is 168 Å². The van der Waals surface area contributed by atoms with Gasteiger partial charge >= 0.3 is 0 Å². The smallest absolute Gasteiger partial charge is 0.253 e. The molecule has 3 aromatic rings. The average molecular weight is 449 g/mol. The Morgan fingerprint density at radius 2 is 1.30 bits per heavy atom. The summed E-state index contributed by atoms with van der Waals surface area (Å²) in [6.07, 6.45) is 5.62. The van der Waals surface area contributed by atoms with E-state index in [0.29, 0.717) is 0 Å². The Morgan fingerprint density at radius 3 is 1.78 bits per heavy atom. The number of carbonyl (C=O) groups is 2. The number of carbonyl (C=O) groups excluding carboxylic acids is 2. The van der Waals surface area contributed by atoms with Gasteiger partial charge in [-0.05, 0) is 36.4 Å². The maximum Gasteiger partial charge on any atom is 0.253 e. The van der Waals surface area contributed by atoms with Crippen LogP contribution in [-0.4, -0.2) is 37.0 Å². The van der Waals surface area contributed by atoms with Crippen LogP contribution in [-0.2, 0) is 29.1 Å². The summed E-state index contributed by atoms with van der Waals surface area (Å²) in [6.45, 7) is 0. The number of hydrogen-bond donors (Lipinski definition) is 1. The zero-order valence-electron chi connectivity index (χ0n) is 14.2. The van der Waals surface area contributed by atoms with E-state index in [4.69, 9.17) is 5.21 Å². The number of imide groups is 1. The molecule has 0 bridgehead atoms. The molecule has 0 atom stereocenters. The van der Waals surface area contributed by atoms with Crippen molar-refractivity contribution in [3.63, 3.8) is 0 Å². The first-order chi connectivity index (χ1) is 12.7. The summed E-state index contributed by atoms with van der Waals surface area (Å²) in [6, 6.07) is 15.6. The standard InChI is InChI=1S/C15H11N3.C4H5NO3.Ru/c1-3-9-16-13(7-1)12-6-5-11-18-15(12)14-8-2-4-10-17-14;6-3-1-2-4(7)5(3)8;/h1-11H;8H,1-2H2;. The second-order valence-electron chi connectivity index (χ2n) is 5.43. The van der Waals surface area contributed by atoms with Crippen LogP contribution in [0.2, 0.25) is 0 Å². The fraction of sp³-hybridized carbons (Fsp3) is 0.105. The summed E-state index contributed by atoms with van der Waals surface area (Å²) in [5.74, 6) is -1.01. The third kappa shape index (κ3) is 5.09. The van der Waals surface area contributed by atoms with Crippen LogP contribution in [0.3, 0.4) is 0 Å². The van der Waals surface area contributed by atoms with Crippen molar-refractivity contribution < 1.29 is 34.3 Å². The van der Waals surface area contributed by atoms with Gasteiger partial charge in [-0.1, -0.05) is 12.1 Å². The molecule has 3 aromatic heterocycles. The van der Waals surface area contributed by atoms with E-state index in [1.54, 1.807) is 18.6 Å². The molecule has 27 heavy (non-hydrogen) atoms. The van der Waals surface area contributed by atoms with Crippen molar-refractivity contribution in [3.8, 4) is 22.6 Å². The molecule has 138 valence electrons. The minimum Gasteiger partial charge on any atom is -0.279 e. The van der Waals surface area contributed by atoms with E-state index in [0.717, 1.165) is 22.6 Å². The molecule has 1 N–H and O–H groups in total. The van der Waals surface area contributed by atoms with E-state index < -0.39 is 11.8 Å². The van der Waals surface area contributed by atoms with Gasteiger partial charge in [-0.2, -0.15) is 5.06 Å². The van der Waals surface area contributed by atoms with Crippen LogP contribution >= 0.6 is 0 Å². The third-order valence-electron chi connectivity index (χ3n) is 3.68. The van der Waals surface area contributed by atoms with Crippen molar-refractivity contribution >= 4 is 11.8 Å². The SMILES string of the molecule is O=C1CCC(=O)N1O.[Ru].c1ccc(-c2cccnc2-c2ccccn2)nc1. The van der Waals surface area contributed by atoms with Gasteiger partial charge in [0.25, 0.3) is 11.8 Å². The molecule has 0 unspecified atom stereocenters. The summed E-state index contributed by atoms with van der Waals surface area (Å²) in [4.78, 5) is 33.6. The molecule has 1 saturated heterocycles. The van der Waals surface area contributed by atoms with Crippen LogP contribution < -0.4 is 0 Å². The minimum absolute atomic E-state index is 0. The van der Waals surface area contributed by atoms with E-state index in [9.17, 15) is 9.59 Å². The quantitative estimate of drug-likeness (QED) is 0.367. The van der Waals surface area contributed by atoms with Crippen LogP contribution in [0.15, 0.2) is 67.1 Å². The van der Waals surface area contributed by atoms with Crippen molar-refractivity contribution in [2.24, 2.45) is 0 Å². The molecule has 4 heterocycles. The topological polar surface area (TPSA) is 96.3 Å². The number of amides is 2. The molecule has 8 heteroatoms. The predicted molar refractivity (Wildman–Crippen MR) is 93.6 cm³/mol. The van der Waals surface area contributed by atoms with Crippen LogP contribution in [0.5, 0.6) is 0 Å². The predicted octanol–water partition coefficient (Wildman–Crippen LogP) is 2.73. The van der Waals surface area contributed by atoms with E-state index in [1.807, 2.05) is 48.5 Å². The van der Waals surface area contributed by atoms with Gasteiger partial charge in [-0.25, -0.2) is 0 Å². The number of nitrogens with zero attached hydrogens (tertiary/aromatic N) is 4. The van der Waals surface area contributed by atoms with E-state index in [1.165, 1.54) is 0 Å². The van der Waals surface area contributed by atoms with Crippen molar-refractivity contribution in [2.75, 3.05) is 0 Å². The van der Waals surface area contributed by atoms with Gasteiger partial charge in [0.2, 0.25) is 0 Å². The molecule has 1 aliphatic heterocycles. The van der Waals surface area contributed by atoms with Crippen LogP contribution in [0.25, 0.3) is 22.6 Å². The molecule has 2 amide bonds. The van der Waals surface area contributed by atoms with E-state index in [2.05, 4.69) is 15.0 Å². The summed E-state index contributed by atoms with van der Waals surface area (Å²) in [5.41, 5.74) is 3.62. The molecule has 0 aliphatic carbocycles. The molecule has 0 spiro atoms. The molecule has 0 saturated carbocycles. The van der Waals surface area contributed by atoms with Gasteiger partial charge in [0, 0.05) is 56.5 Å². The Hall–Kier alpha value is -2.83.